The minimum atomic E-state index is -0.719. The zero-order valence-corrected chi connectivity index (χ0v) is 18.9. The standard InChI is InChI=1S/C27H25ClN2O3/c28-21-7-11-23(12-8-21)29-22-9-3-17(4-10-22)19-1-2-20-16-30(26(31)25(20)15-19)24-13-5-18(6-14-24)27(32)33/h1-4,7-12,15,18,24,29H,5-6,13-14,16H2,(H,32,33). The Morgan fingerprint density at radius 2 is 1.48 bits per heavy atom. The lowest BCUT2D eigenvalue weighted by atomic mass is 9.85. The molecule has 2 aliphatic rings. The number of rotatable bonds is 5. The van der Waals surface area contributed by atoms with Crippen molar-refractivity contribution in [3.63, 3.8) is 0 Å². The van der Waals surface area contributed by atoms with Gasteiger partial charge >= 0.3 is 5.97 Å². The lowest BCUT2D eigenvalue weighted by Gasteiger charge is -2.33. The molecular weight excluding hydrogens is 436 g/mol. The SMILES string of the molecule is O=C(O)C1CCC(N2Cc3ccc(-c4ccc(Nc5ccc(Cl)cc5)cc4)cc3C2=O)CC1. The number of benzene rings is 3. The van der Waals surface area contributed by atoms with Crippen molar-refractivity contribution in [2.75, 3.05) is 5.32 Å². The Balaban J connectivity index is 1.28. The maximum absolute atomic E-state index is 13.2. The van der Waals surface area contributed by atoms with E-state index in [0.717, 1.165) is 46.5 Å². The van der Waals surface area contributed by atoms with Crippen molar-refractivity contribution in [2.24, 2.45) is 5.92 Å². The van der Waals surface area contributed by atoms with Crippen LogP contribution < -0.4 is 5.32 Å². The Kier molecular flexibility index (Phi) is 5.81. The van der Waals surface area contributed by atoms with E-state index in [-0.39, 0.29) is 17.9 Å². The van der Waals surface area contributed by atoms with Crippen molar-refractivity contribution in [1.29, 1.82) is 0 Å². The molecule has 0 aromatic heterocycles. The number of anilines is 2. The van der Waals surface area contributed by atoms with E-state index < -0.39 is 5.97 Å². The zero-order valence-electron chi connectivity index (χ0n) is 18.1. The molecule has 3 aromatic rings. The summed E-state index contributed by atoms with van der Waals surface area (Å²) in [7, 11) is 0. The molecule has 1 amide bonds. The molecule has 1 fully saturated rings. The van der Waals surface area contributed by atoms with Crippen molar-refractivity contribution in [3.05, 3.63) is 82.9 Å². The summed E-state index contributed by atoms with van der Waals surface area (Å²) >= 11 is 5.95. The van der Waals surface area contributed by atoms with Crippen LogP contribution >= 0.6 is 11.6 Å². The Labute approximate surface area is 198 Å². The zero-order chi connectivity index (χ0) is 22.9. The van der Waals surface area contributed by atoms with Crippen molar-refractivity contribution in [2.45, 2.75) is 38.3 Å². The number of carbonyl (C=O) groups excluding carboxylic acids is 1. The number of aliphatic carboxylic acids is 1. The normalized spacial score (nSPS) is 19.9. The van der Waals surface area contributed by atoms with Gasteiger partial charge in [-0.25, -0.2) is 0 Å². The molecule has 0 atom stereocenters. The minimum absolute atomic E-state index is 0.0617. The molecule has 0 spiro atoms. The molecule has 0 unspecified atom stereocenters. The summed E-state index contributed by atoms with van der Waals surface area (Å²) in [6.45, 7) is 0.612. The van der Waals surface area contributed by atoms with Gasteiger partial charge in [-0.2, -0.15) is 0 Å². The predicted octanol–water partition coefficient (Wildman–Crippen LogP) is 6.35. The number of carboxylic acids is 1. The highest BCUT2D eigenvalue weighted by Gasteiger charge is 2.36. The molecular formula is C27H25ClN2O3. The summed E-state index contributed by atoms with van der Waals surface area (Å²) in [6.07, 6.45) is 2.79. The van der Waals surface area contributed by atoms with E-state index >= 15 is 0 Å². The highest BCUT2D eigenvalue weighted by Crippen LogP contribution is 2.35. The fourth-order valence-electron chi connectivity index (χ4n) is 4.88. The van der Waals surface area contributed by atoms with Crippen LogP contribution in [0, 0.1) is 5.92 Å². The van der Waals surface area contributed by atoms with Crippen LogP contribution in [0.3, 0.4) is 0 Å². The number of nitrogens with one attached hydrogen (secondary N) is 1. The van der Waals surface area contributed by atoms with Gasteiger partial charge in [0.1, 0.15) is 0 Å². The molecule has 5 rings (SSSR count). The molecule has 6 heteroatoms. The van der Waals surface area contributed by atoms with Crippen LogP contribution in [0.4, 0.5) is 11.4 Å². The Bertz CT molecular complexity index is 1180. The summed E-state index contributed by atoms with van der Waals surface area (Å²) in [5.41, 5.74) is 5.81. The number of halogens is 1. The lowest BCUT2D eigenvalue weighted by Crippen LogP contribution is -2.39. The van der Waals surface area contributed by atoms with Gasteiger partial charge in [-0.1, -0.05) is 35.9 Å². The smallest absolute Gasteiger partial charge is 0.306 e. The second-order valence-electron chi connectivity index (χ2n) is 8.86. The summed E-state index contributed by atoms with van der Waals surface area (Å²) < 4.78 is 0. The Morgan fingerprint density at radius 3 is 2.12 bits per heavy atom. The number of hydrogen-bond acceptors (Lipinski definition) is 3. The number of carboxylic acid groups (broad SMARTS) is 1. The Morgan fingerprint density at radius 1 is 0.879 bits per heavy atom. The topological polar surface area (TPSA) is 69.6 Å². The minimum Gasteiger partial charge on any atom is -0.481 e. The van der Waals surface area contributed by atoms with Gasteiger partial charge in [-0.15, -0.1) is 0 Å². The first-order chi connectivity index (χ1) is 16.0. The van der Waals surface area contributed by atoms with Crippen molar-refractivity contribution in [3.8, 4) is 11.1 Å². The molecule has 168 valence electrons. The lowest BCUT2D eigenvalue weighted by molar-refractivity contribution is -0.143. The van der Waals surface area contributed by atoms with Gasteiger partial charge in [0.05, 0.1) is 5.92 Å². The fraction of sp³-hybridized carbons (Fsp3) is 0.259. The number of hydrogen-bond donors (Lipinski definition) is 2. The monoisotopic (exact) mass is 460 g/mol. The largest absolute Gasteiger partial charge is 0.481 e. The van der Waals surface area contributed by atoms with Crippen molar-refractivity contribution < 1.29 is 14.7 Å². The van der Waals surface area contributed by atoms with Gasteiger partial charge in [0.2, 0.25) is 0 Å². The molecule has 1 aliphatic carbocycles. The fourth-order valence-corrected chi connectivity index (χ4v) is 5.00. The molecule has 2 N–H and O–H groups in total. The molecule has 5 nitrogen and oxygen atoms in total. The van der Waals surface area contributed by atoms with E-state index in [1.807, 2.05) is 65.6 Å². The number of fused-ring (bicyclic) bond motifs is 1. The van der Waals surface area contributed by atoms with Crippen LogP contribution in [0.25, 0.3) is 11.1 Å². The maximum Gasteiger partial charge on any atom is 0.306 e. The van der Waals surface area contributed by atoms with Crippen molar-refractivity contribution in [1.82, 2.24) is 4.90 Å². The average Bonchev–Trinajstić information content (AvgIpc) is 3.17. The van der Waals surface area contributed by atoms with Crippen LogP contribution in [0.1, 0.15) is 41.6 Å². The predicted molar refractivity (Wildman–Crippen MR) is 130 cm³/mol. The number of carbonyl (C=O) groups is 2. The molecule has 0 bridgehead atoms. The molecule has 33 heavy (non-hydrogen) atoms. The number of amides is 1. The third-order valence-corrected chi connectivity index (χ3v) is 7.03. The van der Waals surface area contributed by atoms with Gasteiger partial charge < -0.3 is 15.3 Å². The van der Waals surface area contributed by atoms with E-state index in [0.29, 0.717) is 24.4 Å². The number of nitrogens with zero attached hydrogens (tertiary/aromatic N) is 1. The van der Waals surface area contributed by atoms with Gasteiger partial charge in [-0.3, -0.25) is 9.59 Å². The summed E-state index contributed by atoms with van der Waals surface area (Å²) in [4.78, 5) is 26.3. The van der Waals surface area contributed by atoms with Crippen LogP contribution in [0.15, 0.2) is 66.7 Å². The first-order valence-electron chi connectivity index (χ1n) is 11.3. The highest BCUT2D eigenvalue weighted by molar-refractivity contribution is 6.30. The van der Waals surface area contributed by atoms with E-state index in [9.17, 15) is 14.7 Å². The van der Waals surface area contributed by atoms with Crippen LogP contribution in [0.2, 0.25) is 5.02 Å². The second-order valence-corrected chi connectivity index (χ2v) is 9.29. The van der Waals surface area contributed by atoms with Crippen LogP contribution in [-0.2, 0) is 11.3 Å². The van der Waals surface area contributed by atoms with Gasteiger partial charge in [-0.05, 0) is 84.8 Å². The maximum atomic E-state index is 13.2. The molecule has 1 heterocycles. The first kappa shape index (κ1) is 21.5. The molecule has 3 aromatic carbocycles. The average molecular weight is 461 g/mol. The molecule has 1 saturated carbocycles. The Hall–Kier alpha value is -3.31. The first-order valence-corrected chi connectivity index (χ1v) is 11.7. The molecule has 1 aliphatic heterocycles. The van der Waals surface area contributed by atoms with E-state index in [1.54, 1.807) is 0 Å². The summed E-state index contributed by atoms with van der Waals surface area (Å²) in [5, 5.41) is 13.3. The van der Waals surface area contributed by atoms with Crippen molar-refractivity contribution >= 4 is 34.9 Å². The van der Waals surface area contributed by atoms with E-state index in [4.69, 9.17) is 11.6 Å². The highest BCUT2D eigenvalue weighted by atomic mass is 35.5. The van der Waals surface area contributed by atoms with E-state index in [2.05, 4.69) is 11.4 Å². The second kappa shape index (κ2) is 8.91. The van der Waals surface area contributed by atoms with Gasteiger partial charge in [0.15, 0.2) is 0 Å². The van der Waals surface area contributed by atoms with Crippen LogP contribution in [0.5, 0.6) is 0 Å². The van der Waals surface area contributed by atoms with Gasteiger partial charge in [0.25, 0.3) is 5.91 Å². The molecule has 0 saturated heterocycles. The quantitative estimate of drug-likeness (QED) is 0.465. The van der Waals surface area contributed by atoms with Gasteiger partial charge in [0, 0.05) is 34.5 Å². The van der Waals surface area contributed by atoms with Crippen LogP contribution in [-0.4, -0.2) is 27.9 Å². The summed E-state index contributed by atoms with van der Waals surface area (Å²) in [6, 6.07) is 21.9. The van der Waals surface area contributed by atoms with E-state index in [1.165, 1.54) is 0 Å². The third kappa shape index (κ3) is 4.46. The summed E-state index contributed by atoms with van der Waals surface area (Å²) in [5.74, 6) is -0.930. The molecule has 0 radical (unpaired) electrons. The third-order valence-electron chi connectivity index (χ3n) is 6.78.